The van der Waals surface area contributed by atoms with E-state index in [0.717, 1.165) is 23.4 Å². The number of halogens is 1. The number of ether oxygens (including phenoxy) is 1. The van der Waals surface area contributed by atoms with Crippen molar-refractivity contribution >= 4 is 33.0 Å². The first-order valence-electron chi connectivity index (χ1n) is 5.39. The lowest BCUT2D eigenvalue weighted by Gasteiger charge is -2.41. The Morgan fingerprint density at radius 3 is 2.65 bits per heavy atom. The summed E-state index contributed by atoms with van der Waals surface area (Å²) in [4.78, 5) is 1.33. The fraction of sp³-hybridized carbons (Fsp3) is 0.231. The Kier molecular flexibility index (Phi) is 2.73. The van der Waals surface area contributed by atoms with E-state index < -0.39 is 0 Å². The number of rotatable bonds is 2. The number of nitrogen functional groups attached to an aromatic ring is 1. The van der Waals surface area contributed by atoms with Crippen LogP contribution in [0.5, 0.6) is 0 Å². The van der Waals surface area contributed by atoms with E-state index in [4.69, 9.17) is 10.5 Å². The Morgan fingerprint density at radius 2 is 2.12 bits per heavy atom. The lowest BCUT2D eigenvalue weighted by Crippen LogP contribution is -2.47. The Hall–Kier alpha value is -0.840. The largest absolute Gasteiger partial charge is 0.399 e. The third kappa shape index (κ3) is 1.80. The van der Waals surface area contributed by atoms with Crippen LogP contribution in [0, 0.1) is 0 Å². The monoisotopic (exact) mass is 309 g/mol. The second-order valence-electron chi connectivity index (χ2n) is 4.33. The highest BCUT2D eigenvalue weighted by Crippen LogP contribution is 2.43. The van der Waals surface area contributed by atoms with Crippen molar-refractivity contribution in [3.63, 3.8) is 0 Å². The van der Waals surface area contributed by atoms with Gasteiger partial charge in [0.05, 0.1) is 18.6 Å². The fourth-order valence-corrected chi connectivity index (χ4v) is 3.78. The van der Waals surface area contributed by atoms with Gasteiger partial charge in [-0.1, -0.05) is 12.1 Å². The molecule has 1 aromatic carbocycles. The Labute approximate surface area is 113 Å². The molecule has 0 atom stereocenters. The van der Waals surface area contributed by atoms with Gasteiger partial charge in [-0.2, -0.15) is 0 Å². The highest BCUT2D eigenvalue weighted by atomic mass is 79.9. The lowest BCUT2D eigenvalue weighted by molar-refractivity contribution is -0.0362. The Bertz CT molecular complexity index is 548. The van der Waals surface area contributed by atoms with Crippen molar-refractivity contribution in [1.29, 1.82) is 0 Å². The first-order chi connectivity index (χ1) is 8.21. The first-order valence-corrected chi connectivity index (χ1v) is 7.06. The van der Waals surface area contributed by atoms with Crippen LogP contribution in [0.15, 0.2) is 40.2 Å². The van der Waals surface area contributed by atoms with Crippen LogP contribution in [-0.2, 0) is 10.2 Å². The molecule has 2 aromatic rings. The van der Waals surface area contributed by atoms with Crippen LogP contribution in [0.1, 0.15) is 10.4 Å². The van der Waals surface area contributed by atoms with E-state index >= 15 is 0 Å². The molecular weight excluding hydrogens is 298 g/mol. The van der Waals surface area contributed by atoms with E-state index in [1.165, 1.54) is 10.4 Å². The quantitative estimate of drug-likeness (QED) is 0.863. The molecule has 0 radical (unpaired) electrons. The van der Waals surface area contributed by atoms with Gasteiger partial charge in [0.15, 0.2) is 0 Å². The molecule has 0 spiro atoms. The molecule has 0 unspecified atom stereocenters. The average Bonchev–Trinajstić information content (AvgIpc) is 2.64. The number of anilines is 1. The molecule has 1 aromatic heterocycles. The van der Waals surface area contributed by atoms with E-state index in [1.807, 2.05) is 12.1 Å². The summed E-state index contributed by atoms with van der Waals surface area (Å²) in [5.74, 6) is 0. The standard InChI is InChI=1S/C13H12BrNOS/c14-10-5-12(17-6-10)13(7-16-8-13)9-2-1-3-11(15)4-9/h1-6H,7-8,15H2. The predicted octanol–water partition coefficient (Wildman–Crippen LogP) is 3.41. The number of benzene rings is 1. The van der Waals surface area contributed by atoms with Crippen LogP contribution in [-0.4, -0.2) is 13.2 Å². The zero-order chi connectivity index (χ0) is 11.9. The van der Waals surface area contributed by atoms with E-state index in [9.17, 15) is 0 Å². The minimum atomic E-state index is 0.00602. The first kappa shape index (κ1) is 11.3. The molecule has 1 aliphatic rings. The molecule has 0 bridgehead atoms. The number of hydrogen-bond donors (Lipinski definition) is 1. The molecule has 1 saturated heterocycles. The normalized spacial score (nSPS) is 17.7. The van der Waals surface area contributed by atoms with Crippen LogP contribution in [0.3, 0.4) is 0 Å². The second-order valence-corrected chi connectivity index (χ2v) is 6.16. The van der Waals surface area contributed by atoms with Crippen molar-refractivity contribution in [2.24, 2.45) is 0 Å². The van der Waals surface area contributed by atoms with Crippen LogP contribution in [0.2, 0.25) is 0 Å². The van der Waals surface area contributed by atoms with Gasteiger partial charge >= 0.3 is 0 Å². The SMILES string of the molecule is Nc1cccc(C2(c3cc(Br)cs3)COC2)c1. The smallest absolute Gasteiger partial charge is 0.0764 e. The second kappa shape index (κ2) is 4.12. The highest BCUT2D eigenvalue weighted by Gasteiger charge is 2.43. The van der Waals surface area contributed by atoms with Gasteiger partial charge in [0.2, 0.25) is 0 Å². The molecule has 2 nitrogen and oxygen atoms in total. The summed E-state index contributed by atoms with van der Waals surface area (Å²) in [6, 6.07) is 10.3. The minimum absolute atomic E-state index is 0.00602. The highest BCUT2D eigenvalue weighted by molar-refractivity contribution is 9.10. The summed E-state index contributed by atoms with van der Waals surface area (Å²) < 4.78 is 6.58. The summed E-state index contributed by atoms with van der Waals surface area (Å²) in [6.45, 7) is 1.48. The van der Waals surface area contributed by atoms with Crippen molar-refractivity contribution in [1.82, 2.24) is 0 Å². The van der Waals surface area contributed by atoms with Crippen LogP contribution in [0.4, 0.5) is 5.69 Å². The number of nitrogens with two attached hydrogens (primary N) is 1. The van der Waals surface area contributed by atoms with Crippen molar-refractivity contribution in [2.45, 2.75) is 5.41 Å². The van der Waals surface area contributed by atoms with Gasteiger partial charge in [-0.05, 0) is 39.7 Å². The maximum Gasteiger partial charge on any atom is 0.0764 e. The summed E-state index contributed by atoms with van der Waals surface area (Å²) in [7, 11) is 0. The van der Waals surface area contributed by atoms with Crippen LogP contribution < -0.4 is 5.73 Å². The number of thiophene rings is 1. The van der Waals surface area contributed by atoms with Gasteiger partial charge in [-0.15, -0.1) is 11.3 Å². The van der Waals surface area contributed by atoms with Crippen LogP contribution >= 0.6 is 27.3 Å². The number of hydrogen-bond acceptors (Lipinski definition) is 3. The maximum atomic E-state index is 5.87. The molecule has 4 heteroatoms. The maximum absolute atomic E-state index is 5.87. The van der Waals surface area contributed by atoms with Gasteiger partial charge < -0.3 is 10.5 Å². The Balaban J connectivity index is 2.08. The third-order valence-corrected chi connectivity index (χ3v) is 5.07. The molecule has 1 fully saturated rings. The molecule has 17 heavy (non-hydrogen) atoms. The molecule has 3 rings (SSSR count). The molecule has 0 saturated carbocycles. The molecular formula is C13H12BrNOS. The van der Waals surface area contributed by atoms with Crippen molar-refractivity contribution in [3.05, 3.63) is 50.6 Å². The third-order valence-electron chi connectivity index (χ3n) is 3.18. The van der Waals surface area contributed by atoms with Gasteiger partial charge in [-0.25, -0.2) is 0 Å². The Morgan fingerprint density at radius 1 is 1.29 bits per heavy atom. The van der Waals surface area contributed by atoms with Gasteiger partial charge in [0.1, 0.15) is 0 Å². The summed E-state index contributed by atoms with van der Waals surface area (Å²) in [6.07, 6.45) is 0. The van der Waals surface area contributed by atoms with Gasteiger partial charge in [0.25, 0.3) is 0 Å². The van der Waals surface area contributed by atoms with E-state index in [0.29, 0.717) is 0 Å². The van der Waals surface area contributed by atoms with Crippen molar-refractivity contribution in [2.75, 3.05) is 18.9 Å². The summed E-state index contributed by atoms with van der Waals surface area (Å²) in [5.41, 5.74) is 7.93. The molecule has 2 N–H and O–H groups in total. The molecule has 1 aliphatic heterocycles. The summed E-state index contributed by atoms with van der Waals surface area (Å²) >= 11 is 5.28. The zero-order valence-corrected chi connectivity index (χ0v) is 11.6. The predicted molar refractivity (Wildman–Crippen MR) is 74.5 cm³/mol. The van der Waals surface area contributed by atoms with Gasteiger partial charge in [0, 0.05) is 20.4 Å². The van der Waals surface area contributed by atoms with Crippen LogP contribution in [0.25, 0.3) is 0 Å². The van der Waals surface area contributed by atoms with E-state index in [1.54, 1.807) is 11.3 Å². The van der Waals surface area contributed by atoms with Crippen molar-refractivity contribution < 1.29 is 4.74 Å². The van der Waals surface area contributed by atoms with E-state index in [2.05, 4.69) is 39.5 Å². The molecule has 2 heterocycles. The summed E-state index contributed by atoms with van der Waals surface area (Å²) in [5, 5.41) is 2.11. The topological polar surface area (TPSA) is 35.2 Å². The minimum Gasteiger partial charge on any atom is -0.399 e. The lowest BCUT2D eigenvalue weighted by atomic mass is 9.77. The molecule has 0 aliphatic carbocycles. The van der Waals surface area contributed by atoms with Gasteiger partial charge in [-0.3, -0.25) is 0 Å². The molecule has 88 valence electrons. The molecule has 0 amide bonds. The average molecular weight is 310 g/mol. The van der Waals surface area contributed by atoms with E-state index in [-0.39, 0.29) is 5.41 Å². The fourth-order valence-electron chi connectivity index (χ4n) is 2.16. The van der Waals surface area contributed by atoms with Crippen molar-refractivity contribution in [3.8, 4) is 0 Å². The zero-order valence-electron chi connectivity index (χ0n) is 9.15.